The molecule has 0 bridgehead atoms. The average molecular weight is 406 g/mol. The first-order chi connectivity index (χ1) is 14.2. The summed E-state index contributed by atoms with van der Waals surface area (Å²) in [6.45, 7) is 1.34. The first kappa shape index (κ1) is 19.5. The summed E-state index contributed by atoms with van der Waals surface area (Å²) in [5, 5.41) is 7.46. The van der Waals surface area contributed by atoms with Crippen molar-refractivity contribution in [2.45, 2.75) is 18.1 Å². The molecule has 6 heteroatoms. The molecule has 1 N–H and O–H groups in total. The number of benzene rings is 2. The first-order valence-corrected chi connectivity index (χ1v) is 11.0. The van der Waals surface area contributed by atoms with Gasteiger partial charge in [-0.15, -0.1) is 0 Å². The number of hydrogen-bond acceptors (Lipinski definition) is 4. The van der Waals surface area contributed by atoms with Crippen LogP contribution in [0.1, 0.15) is 23.2 Å². The molecule has 4 rings (SSSR count). The number of nitrogens with zero attached hydrogens (tertiary/aromatic N) is 2. The molecule has 1 aliphatic rings. The first-order valence-electron chi connectivity index (χ1n) is 9.74. The standard InChI is InChI=1S/C23H23N3O2S/c1-29-18-12-14-26(15-13-18)23(28)20-19(16-8-4-2-5-9-16)21(24-25-22(20)27)17-10-6-3-7-11-17/h2-11,18H,12-15H2,1H3,(H,25,27). The molecule has 1 aliphatic heterocycles. The zero-order valence-electron chi connectivity index (χ0n) is 16.3. The molecule has 3 aromatic rings. The Bertz CT molecular complexity index is 1040. The fourth-order valence-electron chi connectivity index (χ4n) is 3.80. The monoisotopic (exact) mass is 405 g/mol. The van der Waals surface area contributed by atoms with Crippen molar-refractivity contribution in [3.8, 4) is 22.4 Å². The maximum Gasteiger partial charge on any atom is 0.277 e. The van der Waals surface area contributed by atoms with Crippen LogP contribution in [0, 0.1) is 0 Å². The van der Waals surface area contributed by atoms with E-state index in [-0.39, 0.29) is 11.5 Å². The Morgan fingerprint density at radius 1 is 1.00 bits per heavy atom. The Morgan fingerprint density at radius 3 is 2.17 bits per heavy atom. The van der Waals surface area contributed by atoms with Gasteiger partial charge in [-0.3, -0.25) is 9.59 Å². The van der Waals surface area contributed by atoms with Gasteiger partial charge in [-0.05, 0) is 24.7 Å². The lowest BCUT2D eigenvalue weighted by atomic mass is 9.94. The van der Waals surface area contributed by atoms with Gasteiger partial charge < -0.3 is 4.90 Å². The smallest absolute Gasteiger partial charge is 0.277 e. The average Bonchev–Trinajstić information content (AvgIpc) is 2.79. The highest BCUT2D eigenvalue weighted by Gasteiger charge is 2.29. The molecule has 0 radical (unpaired) electrons. The third-order valence-corrected chi connectivity index (χ3v) is 6.51. The summed E-state index contributed by atoms with van der Waals surface area (Å²) in [7, 11) is 0. The summed E-state index contributed by atoms with van der Waals surface area (Å²) in [4.78, 5) is 28.1. The molecule has 0 aliphatic carbocycles. The Labute approximate surface area is 174 Å². The molecule has 1 saturated heterocycles. The number of likely N-dealkylation sites (tertiary alicyclic amines) is 1. The predicted octanol–water partition coefficient (Wildman–Crippen LogP) is 4.07. The highest BCUT2D eigenvalue weighted by molar-refractivity contribution is 7.99. The van der Waals surface area contributed by atoms with Crippen molar-refractivity contribution in [2.24, 2.45) is 0 Å². The van der Waals surface area contributed by atoms with Gasteiger partial charge in [0.1, 0.15) is 5.56 Å². The van der Waals surface area contributed by atoms with Crippen molar-refractivity contribution >= 4 is 17.7 Å². The van der Waals surface area contributed by atoms with Gasteiger partial charge >= 0.3 is 0 Å². The van der Waals surface area contributed by atoms with Crippen LogP contribution in [0.15, 0.2) is 65.5 Å². The van der Waals surface area contributed by atoms with Crippen molar-refractivity contribution in [1.29, 1.82) is 0 Å². The normalized spacial score (nSPS) is 14.7. The van der Waals surface area contributed by atoms with Crippen LogP contribution < -0.4 is 5.56 Å². The minimum Gasteiger partial charge on any atom is -0.338 e. The highest BCUT2D eigenvalue weighted by atomic mass is 32.2. The SMILES string of the molecule is CSC1CCN(C(=O)c2c(-c3ccccc3)c(-c3ccccc3)n[nH]c2=O)CC1. The number of nitrogens with one attached hydrogen (secondary N) is 1. The van der Waals surface area contributed by atoms with Gasteiger partial charge in [0.05, 0.1) is 5.69 Å². The maximum atomic E-state index is 13.5. The topological polar surface area (TPSA) is 66.1 Å². The van der Waals surface area contributed by atoms with Crippen molar-refractivity contribution in [3.05, 3.63) is 76.6 Å². The number of amides is 1. The molecule has 0 saturated carbocycles. The number of hydrogen-bond donors (Lipinski definition) is 1. The van der Waals surface area contributed by atoms with Crippen molar-refractivity contribution in [2.75, 3.05) is 19.3 Å². The van der Waals surface area contributed by atoms with E-state index in [0.717, 1.165) is 24.0 Å². The number of thioether (sulfide) groups is 1. The minimum absolute atomic E-state index is 0.174. The number of piperidine rings is 1. The molecule has 29 heavy (non-hydrogen) atoms. The summed E-state index contributed by atoms with van der Waals surface area (Å²) in [5.74, 6) is -0.218. The lowest BCUT2D eigenvalue weighted by molar-refractivity contribution is 0.0726. The quantitative estimate of drug-likeness (QED) is 0.711. The molecule has 2 heterocycles. The second kappa shape index (κ2) is 8.66. The van der Waals surface area contributed by atoms with Gasteiger partial charge in [0.15, 0.2) is 0 Å². The summed E-state index contributed by atoms with van der Waals surface area (Å²) < 4.78 is 0. The summed E-state index contributed by atoms with van der Waals surface area (Å²) >= 11 is 1.84. The van der Waals surface area contributed by atoms with Gasteiger partial charge in [0.2, 0.25) is 0 Å². The van der Waals surface area contributed by atoms with Crippen molar-refractivity contribution in [3.63, 3.8) is 0 Å². The van der Waals surface area contributed by atoms with E-state index in [1.807, 2.05) is 72.4 Å². The molecule has 5 nitrogen and oxygen atoms in total. The van der Waals surface area contributed by atoms with Crippen LogP contribution in [-0.2, 0) is 0 Å². The van der Waals surface area contributed by atoms with E-state index >= 15 is 0 Å². The number of carbonyl (C=O) groups is 1. The third-order valence-electron chi connectivity index (χ3n) is 5.37. The molecular weight excluding hydrogens is 382 g/mol. The van der Waals surface area contributed by atoms with Crippen LogP contribution in [0.5, 0.6) is 0 Å². The Kier molecular flexibility index (Phi) is 5.81. The molecule has 0 unspecified atom stereocenters. The van der Waals surface area contributed by atoms with Crippen LogP contribution in [0.4, 0.5) is 0 Å². The van der Waals surface area contributed by atoms with E-state index in [1.54, 1.807) is 4.90 Å². The molecule has 2 aromatic carbocycles. The maximum absolute atomic E-state index is 13.5. The number of rotatable bonds is 4. The number of aromatic nitrogens is 2. The van der Waals surface area contributed by atoms with Gasteiger partial charge in [-0.1, -0.05) is 60.7 Å². The molecule has 1 aromatic heterocycles. The van der Waals surface area contributed by atoms with E-state index in [0.29, 0.717) is 29.6 Å². The van der Waals surface area contributed by atoms with Crippen LogP contribution in [0.3, 0.4) is 0 Å². The summed E-state index contributed by atoms with van der Waals surface area (Å²) in [6, 6.07) is 19.2. The molecule has 0 atom stereocenters. The molecule has 148 valence electrons. The van der Waals surface area contributed by atoms with Gasteiger partial charge in [-0.2, -0.15) is 16.9 Å². The zero-order valence-corrected chi connectivity index (χ0v) is 17.1. The zero-order chi connectivity index (χ0) is 20.2. The fourth-order valence-corrected chi connectivity index (χ4v) is 4.48. The third kappa shape index (κ3) is 3.98. The van der Waals surface area contributed by atoms with E-state index in [9.17, 15) is 9.59 Å². The molecule has 1 amide bonds. The predicted molar refractivity (Wildman–Crippen MR) is 118 cm³/mol. The van der Waals surface area contributed by atoms with Crippen LogP contribution in [0.25, 0.3) is 22.4 Å². The van der Waals surface area contributed by atoms with Crippen LogP contribution in [0.2, 0.25) is 0 Å². The number of carbonyl (C=O) groups excluding carboxylic acids is 1. The largest absolute Gasteiger partial charge is 0.338 e. The Balaban J connectivity index is 1.85. The molecule has 1 fully saturated rings. The minimum atomic E-state index is -0.444. The van der Waals surface area contributed by atoms with Gasteiger partial charge in [0.25, 0.3) is 11.5 Å². The van der Waals surface area contributed by atoms with Crippen molar-refractivity contribution < 1.29 is 4.79 Å². The van der Waals surface area contributed by atoms with E-state index in [4.69, 9.17) is 0 Å². The highest BCUT2D eigenvalue weighted by Crippen LogP contribution is 2.32. The number of aromatic amines is 1. The Morgan fingerprint density at radius 2 is 1.59 bits per heavy atom. The summed E-state index contributed by atoms with van der Waals surface area (Å²) in [6.07, 6.45) is 4.00. The van der Waals surface area contributed by atoms with Crippen LogP contribution in [-0.4, -0.2) is 45.6 Å². The van der Waals surface area contributed by atoms with E-state index in [2.05, 4.69) is 16.5 Å². The number of H-pyrrole nitrogens is 1. The van der Waals surface area contributed by atoms with E-state index < -0.39 is 5.56 Å². The van der Waals surface area contributed by atoms with Gasteiger partial charge in [-0.25, -0.2) is 5.10 Å². The second-order valence-electron chi connectivity index (χ2n) is 7.11. The van der Waals surface area contributed by atoms with Crippen molar-refractivity contribution in [1.82, 2.24) is 15.1 Å². The summed E-state index contributed by atoms with van der Waals surface area (Å²) in [5.41, 5.74) is 2.61. The molecule has 0 spiro atoms. The Hall–Kier alpha value is -2.86. The second-order valence-corrected chi connectivity index (χ2v) is 8.25. The fraction of sp³-hybridized carbons (Fsp3) is 0.261. The van der Waals surface area contributed by atoms with Gasteiger partial charge in [0, 0.05) is 29.5 Å². The van der Waals surface area contributed by atoms with Crippen LogP contribution >= 0.6 is 11.8 Å². The van der Waals surface area contributed by atoms with E-state index in [1.165, 1.54) is 0 Å². The lowest BCUT2D eigenvalue weighted by Crippen LogP contribution is -2.41. The lowest BCUT2D eigenvalue weighted by Gasteiger charge is -2.31. The molecular formula is C23H23N3O2S.